The molecule has 0 aromatic heterocycles. The molecule has 1 aromatic rings. The molecule has 20 heavy (non-hydrogen) atoms. The number of nitrogens with one attached hydrogen (secondary N) is 1. The van der Waals surface area contributed by atoms with Crippen LogP contribution in [0.25, 0.3) is 0 Å². The topological polar surface area (TPSA) is 82.8 Å². The van der Waals surface area contributed by atoms with Gasteiger partial charge in [-0.1, -0.05) is 12.1 Å². The molecule has 0 aliphatic carbocycles. The number of rotatable bonds is 9. The Labute approximate surface area is 119 Å². The molecule has 112 valence electrons. The Morgan fingerprint density at radius 3 is 2.50 bits per heavy atom. The third kappa shape index (κ3) is 6.01. The van der Waals surface area contributed by atoms with Gasteiger partial charge in [0.05, 0.1) is 13.2 Å². The van der Waals surface area contributed by atoms with E-state index in [0.29, 0.717) is 19.8 Å². The number of carbonyl (C=O) groups is 1. The van der Waals surface area contributed by atoms with Crippen molar-refractivity contribution in [3.8, 4) is 5.75 Å². The number of ether oxygens (including phenoxy) is 3. The lowest BCUT2D eigenvalue weighted by atomic mass is 10.2. The molecule has 1 unspecified atom stereocenters. The van der Waals surface area contributed by atoms with Crippen LogP contribution in [-0.4, -0.2) is 46.0 Å². The number of methoxy groups -OCH3 is 2. The minimum Gasteiger partial charge on any atom is -0.491 e. The van der Waals surface area contributed by atoms with Crippen molar-refractivity contribution in [2.24, 2.45) is 5.73 Å². The van der Waals surface area contributed by atoms with Gasteiger partial charge in [0.1, 0.15) is 18.4 Å². The Morgan fingerprint density at radius 1 is 1.20 bits per heavy atom. The maximum atomic E-state index is 11.6. The minimum absolute atomic E-state index is 0.206. The van der Waals surface area contributed by atoms with E-state index in [0.717, 1.165) is 11.3 Å². The van der Waals surface area contributed by atoms with Crippen LogP contribution in [0.1, 0.15) is 5.56 Å². The summed E-state index contributed by atoms with van der Waals surface area (Å²) in [6.45, 7) is 1.69. The Balaban J connectivity index is 2.36. The molecule has 0 saturated heterocycles. The average molecular weight is 282 g/mol. The Morgan fingerprint density at radius 2 is 1.90 bits per heavy atom. The zero-order valence-electron chi connectivity index (χ0n) is 11.9. The fourth-order valence-electron chi connectivity index (χ4n) is 1.52. The van der Waals surface area contributed by atoms with Gasteiger partial charge in [-0.05, 0) is 17.7 Å². The second-order valence-electron chi connectivity index (χ2n) is 4.26. The van der Waals surface area contributed by atoms with Gasteiger partial charge >= 0.3 is 0 Å². The molecule has 0 fully saturated rings. The lowest BCUT2D eigenvalue weighted by Crippen LogP contribution is -2.43. The van der Waals surface area contributed by atoms with E-state index in [9.17, 15) is 4.79 Å². The first-order valence-electron chi connectivity index (χ1n) is 6.40. The maximum absolute atomic E-state index is 11.6. The van der Waals surface area contributed by atoms with Crippen molar-refractivity contribution in [2.75, 3.05) is 34.0 Å². The van der Waals surface area contributed by atoms with Crippen molar-refractivity contribution >= 4 is 5.91 Å². The summed E-state index contributed by atoms with van der Waals surface area (Å²) in [4.78, 5) is 11.6. The summed E-state index contributed by atoms with van der Waals surface area (Å²) >= 11 is 0. The van der Waals surface area contributed by atoms with E-state index in [4.69, 9.17) is 19.9 Å². The van der Waals surface area contributed by atoms with Crippen molar-refractivity contribution in [1.29, 1.82) is 0 Å². The number of carbonyl (C=O) groups excluding carboxylic acids is 1. The van der Waals surface area contributed by atoms with Crippen LogP contribution in [0, 0.1) is 0 Å². The molecule has 1 aromatic carbocycles. The van der Waals surface area contributed by atoms with Crippen LogP contribution in [0.5, 0.6) is 5.75 Å². The first-order chi connectivity index (χ1) is 9.67. The summed E-state index contributed by atoms with van der Waals surface area (Å²) in [6.07, 6.45) is 0. The largest absolute Gasteiger partial charge is 0.491 e. The summed E-state index contributed by atoms with van der Waals surface area (Å²) in [5, 5.41) is 2.75. The highest BCUT2D eigenvalue weighted by Crippen LogP contribution is 2.11. The van der Waals surface area contributed by atoms with Crippen molar-refractivity contribution in [3.63, 3.8) is 0 Å². The monoisotopic (exact) mass is 282 g/mol. The molecule has 1 amide bonds. The molecule has 6 nitrogen and oxygen atoms in total. The molecule has 0 spiro atoms. The first-order valence-corrected chi connectivity index (χ1v) is 6.40. The molecular formula is C14H22N2O4. The standard InChI is InChI=1S/C14H22N2O4/c1-18-7-8-20-12-5-3-11(4-6-12)9-16-14(17)13(15)10-19-2/h3-6,13H,7-10,15H2,1-2H3,(H,16,17). The van der Waals surface area contributed by atoms with Gasteiger partial charge < -0.3 is 25.3 Å². The molecule has 0 aliphatic rings. The van der Waals surface area contributed by atoms with E-state index >= 15 is 0 Å². The van der Waals surface area contributed by atoms with Crippen LogP contribution in [0.2, 0.25) is 0 Å². The van der Waals surface area contributed by atoms with Gasteiger partial charge in [0.2, 0.25) is 5.91 Å². The van der Waals surface area contributed by atoms with Crippen LogP contribution >= 0.6 is 0 Å². The number of hydrogen-bond acceptors (Lipinski definition) is 5. The van der Waals surface area contributed by atoms with Gasteiger partial charge in [-0.15, -0.1) is 0 Å². The zero-order valence-corrected chi connectivity index (χ0v) is 11.9. The Hall–Kier alpha value is -1.63. The molecule has 0 bridgehead atoms. The number of amides is 1. The highest BCUT2D eigenvalue weighted by molar-refractivity contribution is 5.81. The Kier molecular flexibility index (Phi) is 7.64. The fraction of sp³-hybridized carbons (Fsp3) is 0.500. The summed E-state index contributed by atoms with van der Waals surface area (Å²) in [7, 11) is 3.14. The average Bonchev–Trinajstić information content (AvgIpc) is 2.46. The molecule has 0 heterocycles. The minimum atomic E-state index is -0.642. The van der Waals surface area contributed by atoms with Crippen LogP contribution in [0.3, 0.4) is 0 Å². The van der Waals surface area contributed by atoms with Crippen LogP contribution in [0.4, 0.5) is 0 Å². The molecule has 1 rings (SSSR count). The molecule has 3 N–H and O–H groups in total. The van der Waals surface area contributed by atoms with Gasteiger partial charge in [-0.25, -0.2) is 0 Å². The molecule has 1 atom stereocenters. The molecule has 0 radical (unpaired) electrons. The summed E-state index contributed by atoms with van der Waals surface area (Å²) < 4.78 is 15.2. The van der Waals surface area contributed by atoms with E-state index in [-0.39, 0.29) is 12.5 Å². The zero-order chi connectivity index (χ0) is 14.8. The quantitative estimate of drug-likeness (QED) is 0.637. The van der Waals surface area contributed by atoms with E-state index in [1.165, 1.54) is 7.11 Å². The highest BCUT2D eigenvalue weighted by Gasteiger charge is 2.12. The highest BCUT2D eigenvalue weighted by atomic mass is 16.5. The van der Waals surface area contributed by atoms with Gasteiger partial charge in [0.25, 0.3) is 0 Å². The van der Waals surface area contributed by atoms with E-state index in [2.05, 4.69) is 5.32 Å². The van der Waals surface area contributed by atoms with Crippen molar-refractivity contribution in [2.45, 2.75) is 12.6 Å². The number of benzene rings is 1. The Bertz CT molecular complexity index is 395. The maximum Gasteiger partial charge on any atom is 0.239 e. The third-order valence-corrected chi connectivity index (χ3v) is 2.63. The summed E-state index contributed by atoms with van der Waals surface area (Å²) in [6, 6.07) is 6.85. The van der Waals surface area contributed by atoms with Crippen molar-refractivity contribution in [3.05, 3.63) is 29.8 Å². The second kappa shape index (κ2) is 9.30. The van der Waals surface area contributed by atoms with Crippen molar-refractivity contribution < 1.29 is 19.0 Å². The lowest BCUT2D eigenvalue weighted by Gasteiger charge is -2.11. The molecule has 0 aliphatic heterocycles. The van der Waals surface area contributed by atoms with E-state index in [1.807, 2.05) is 24.3 Å². The summed E-state index contributed by atoms with van der Waals surface area (Å²) in [5.41, 5.74) is 6.59. The SMILES string of the molecule is COCCOc1ccc(CNC(=O)C(N)COC)cc1. The van der Waals surface area contributed by atoms with Crippen molar-refractivity contribution in [1.82, 2.24) is 5.32 Å². The van der Waals surface area contributed by atoms with Gasteiger partial charge in [0, 0.05) is 20.8 Å². The predicted octanol–water partition coefficient (Wildman–Crippen LogP) is 0.302. The second-order valence-corrected chi connectivity index (χ2v) is 4.26. The number of nitrogens with two attached hydrogens (primary N) is 1. The lowest BCUT2D eigenvalue weighted by molar-refractivity contribution is -0.123. The van der Waals surface area contributed by atoms with E-state index in [1.54, 1.807) is 7.11 Å². The van der Waals surface area contributed by atoms with Gasteiger partial charge in [-0.2, -0.15) is 0 Å². The van der Waals surface area contributed by atoms with Gasteiger partial charge in [-0.3, -0.25) is 4.79 Å². The fourth-order valence-corrected chi connectivity index (χ4v) is 1.52. The van der Waals surface area contributed by atoms with E-state index < -0.39 is 6.04 Å². The first kappa shape index (κ1) is 16.4. The third-order valence-electron chi connectivity index (χ3n) is 2.63. The molecule has 6 heteroatoms. The van der Waals surface area contributed by atoms with Crippen LogP contribution < -0.4 is 15.8 Å². The smallest absolute Gasteiger partial charge is 0.239 e. The normalized spacial score (nSPS) is 11.9. The summed E-state index contributed by atoms with van der Waals surface area (Å²) in [5.74, 6) is 0.542. The molecular weight excluding hydrogens is 260 g/mol. The van der Waals surface area contributed by atoms with Crippen LogP contribution in [0.15, 0.2) is 24.3 Å². The van der Waals surface area contributed by atoms with Crippen LogP contribution in [-0.2, 0) is 20.8 Å². The predicted molar refractivity (Wildman–Crippen MR) is 75.5 cm³/mol. The molecule has 0 saturated carbocycles. The van der Waals surface area contributed by atoms with Gasteiger partial charge in [0.15, 0.2) is 0 Å². The number of hydrogen-bond donors (Lipinski definition) is 2.